The molecule has 0 spiro atoms. The van der Waals surface area contributed by atoms with Crippen LogP contribution in [0.3, 0.4) is 0 Å². The van der Waals surface area contributed by atoms with Crippen molar-refractivity contribution in [2.45, 2.75) is 26.8 Å². The van der Waals surface area contributed by atoms with Gasteiger partial charge in [0.05, 0.1) is 18.6 Å². The molecule has 0 aliphatic rings. The minimum Gasteiger partial charge on any atom is -0.469 e. The first-order chi connectivity index (χ1) is 8.86. The maximum Gasteiger partial charge on any atom is 0.315 e. The van der Waals surface area contributed by atoms with E-state index in [1.165, 1.54) is 7.11 Å². The lowest BCUT2D eigenvalue weighted by Gasteiger charge is -2.22. The Hall–Kier alpha value is -1.56. The summed E-state index contributed by atoms with van der Waals surface area (Å²) in [5.74, 6) is -0.348. The molecule has 1 heterocycles. The Labute approximate surface area is 117 Å². The fraction of sp³-hybridized carbons (Fsp3) is 0.538. The number of urea groups is 1. The molecule has 6 heteroatoms. The van der Waals surface area contributed by atoms with Gasteiger partial charge >= 0.3 is 12.0 Å². The third-order valence-electron chi connectivity index (χ3n) is 2.75. The molecule has 0 saturated heterocycles. The predicted molar refractivity (Wildman–Crippen MR) is 75.1 cm³/mol. The summed E-state index contributed by atoms with van der Waals surface area (Å²) in [6, 6.07) is 3.56. The van der Waals surface area contributed by atoms with E-state index in [-0.39, 0.29) is 24.6 Å². The number of methoxy groups -OCH3 is 1. The van der Waals surface area contributed by atoms with Crippen molar-refractivity contribution in [1.82, 2.24) is 10.6 Å². The molecule has 1 aromatic rings. The highest BCUT2D eigenvalue weighted by atomic mass is 32.1. The van der Waals surface area contributed by atoms with Gasteiger partial charge in [-0.2, -0.15) is 0 Å². The molecule has 106 valence electrons. The van der Waals surface area contributed by atoms with Crippen LogP contribution in [0.15, 0.2) is 17.5 Å². The van der Waals surface area contributed by atoms with Gasteiger partial charge in [0.25, 0.3) is 0 Å². The van der Waals surface area contributed by atoms with Gasteiger partial charge in [0, 0.05) is 11.4 Å². The molecule has 2 N–H and O–H groups in total. The van der Waals surface area contributed by atoms with Gasteiger partial charge in [-0.25, -0.2) is 4.79 Å². The van der Waals surface area contributed by atoms with Crippen LogP contribution in [0.5, 0.6) is 0 Å². The van der Waals surface area contributed by atoms with Crippen molar-refractivity contribution in [2.24, 2.45) is 5.41 Å². The van der Waals surface area contributed by atoms with Crippen LogP contribution < -0.4 is 10.6 Å². The van der Waals surface area contributed by atoms with Crippen LogP contribution in [0.25, 0.3) is 0 Å². The Morgan fingerprint density at radius 2 is 2.16 bits per heavy atom. The first-order valence-electron chi connectivity index (χ1n) is 6.03. The van der Waals surface area contributed by atoms with E-state index in [0.29, 0.717) is 0 Å². The zero-order valence-corrected chi connectivity index (χ0v) is 12.5. The molecule has 1 aromatic heterocycles. The van der Waals surface area contributed by atoms with Crippen LogP contribution in [0, 0.1) is 5.41 Å². The Kier molecular flexibility index (Phi) is 5.35. The molecule has 2 amide bonds. The number of hydrogen-bond acceptors (Lipinski definition) is 4. The zero-order valence-electron chi connectivity index (χ0n) is 11.6. The quantitative estimate of drug-likeness (QED) is 0.815. The highest BCUT2D eigenvalue weighted by molar-refractivity contribution is 7.10. The molecule has 0 bridgehead atoms. The van der Waals surface area contributed by atoms with Crippen molar-refractivity contribution in [3.8, 4) is 0 Å². The summed E-state index contributed by atoms with van der Waals surface area (Å²) >= 11 is 1.59. The lowest BCUT2D eigenvalue weighted by molar-refractivity contribution is -0.150. The van der Waals surface area contributed by atoms with Crippen molar-refractivity contribution >= 4 is 23.3 Å². The van der Waals surface area contributed by atoms with E-state index in [9.17, 15) is 9.59 Å². The van der Waals surface area contributed by atoms with E-state index >= 15 is 0 Å². The summed E-state index contributed by atoms with van der Waals surface area (Å²) in [6.07, 6.45) is 0. The van der Waals surface area contributed by atoms with Gasteiger partial charge in [0.15, 0.2) is 0 Å². The molecule has 0 aliphatic heterocycles. The molecule has 1 unspecified atom stereocenters. The second-order valence-corrected chi connectivity index (χ2v) is 5.92. The average molecular weight is 284 g/mol. The summed E-state index contributed by atoms with van der Waals surface area (Å²) < 4.78 is 4.68. The van der Waals surface area contributed by atoms with Gasteiger partial charge in [-0.05, 0) is 32.2 Å². The first-order valence-corrected chi connectivity index (χ1v) is 6.91. The number of carbonyl (C=O) groups excluding carboxylic acids is 2. The predicted octanol–water partition coefficient (Wildman–Crippen LogP) is 2.31. The Balaban J connectivity index is 2.42. The molecule has 0 fully saturated rings. The van der Waals surface area contributed by atoms with Crippen molar-refractivity contribution in [3.05, 3.63) is 22.4 Å². The van der Waals surface area contributed by atoms with Gasteiger partial charge in [-0.1, -0.05) is 6.07 Å². The van der Waals surface area contributed by atoms with Gasteiger partial charge in [-0.3, -0.25) is 4.79 Å². The zero-order chi connectivity index (χ0) is 14.5. The van der Waals surface area contributed by atoms with E-state index in [2.05, 4.69) is 15.4 Å². The lowest BCUT2D eigenvalue weighted by Crippen LogP contribution is -2.44. The van der Waals surface area contributed by atoms with Crippen molar-refractivity contribution in [3.63, 3.8) is 0 Å². The van der Waals surface area contributed by atoms with Crippen LogP contribution in [0.1, 0.15) is 31.7 Å². The number of hydrogen-bond donors (Lipinski definition) is 2. The van der Waals surface area contributed by atoms with E-state index < -0.39 is 5.41 Å². The number of nitrogens with one attached hydrogen (secondary N) is 2. The van der Waals surface area contributed by atoms with Crippen LogP contribution in [0.4, 0.5) is 4.79 Å². The molecular formula is C13H20N2O3S. The number of rotatable bonds is 5. The van der Waals surface area contributed by atoms with E-state index in [4.69, 9.17) is 0 Å². The number of carbonyl (C=O) groups is 2. The molecule has 5 nitrogen and oxygen atoms in total. The second kappa shape index (κ2) is 6.56. The van der Waals surface area contributed by atoms with Crippen LogP contribution >= 0.6 is 11.3 Å². The smallest absolute Gasteiger partial charge is 0.315 e. The monoisotopic (exact) mass is 284 g/mol. The van der Waals surface area contributed by atoms with Crippen molar-refractivity contribution in [1.29, 1.82) is 0 Å². The summed E-state index contributed by atoms with van der Waals surface area (Å²) in [4.78, 5) is 24.3. The lowest BCUT2D eigenvalue weighted by atomic mass is 9.94. The molecule has 19 heavy (non-hydrogen) atoms. The SMILES string of the molecule is COC(=O)C(C)(C)CNC(=O)NC(C)c1cccs1. The number of ether oxygens (including phenoxy) is 1. The van der Waals surface area contributed by atoms with Crippen molar-refractivity contribution in [2.75, 3.05) is 13.7 Å². The van der Waals surface area contributed by atoms with Crippen LogP contribution in [0.2, 0.25) is 0 Å². The fourth-order valence-corrected chi connectivity index (χ4v) is 2.24. The Morgan fingerprint density at radius 3 is 2.68 bits per heavy atom. The van der Waals surface area contributed by atoms with Crippen LogP contribution in [-0.2, 0) is 9.53 Å². The minimum absolute atomic E-state index is 0.0544. The molecule has 0 saturated carbocycles. The number of amides is 2. The fourth-order valence-electron chi connectivity index (χ4n) is 1.51. The summed E-state index contributed by atoms with van der Waals surface area (Å²) in [6.45, 7) is 5.59. The highest BCUT2D eigenvalue weighted by Crippen LogP contribution is 2.18. The van der Waals surface area contributed by atoms with Crippen molar-refractivity contribution < 1.29 is 14.3 Å². The Bertz CT molecular complexity index is 429. The maximum atomic E-state index is 11.7. The highest BCUT2D eigenvalue weighted by Gasteiger charge is 2.29. The molecule has 0 aromatic carbocycles. The maximum absolute atomic E-state index is 11.7. The largest absolute Gasteiger partial charge is 0.469 e. The topological polar surface area (TPSA) is 67.4 Å². The Morgan fingerprint density at radius 1 is 1.47 bits per heavy atom. The van der Waals surface area contributed by atoms with E-state index in [0.717, 1.165) is 4.88 Å². The molecule has 0 radical (unpaired) electrons. The molecule has 1 atom stereocenters. The normalized spacial score (nSPS) is 12.6. The van der Waals surface area contributed by atoms with E-state index in [1.54, 1.807) is 25.2 Å². The molecule has 0 aliphatic carbocycles. The van der Waals surface area contributed by atoms with E-state index in [1.807, 2.05) is 24.4 Å². The second-order valence-electron chi connectivity index (χ2n) is 4.94. The number of esters is 1. The first kappa shape index (κ1) is 15.5. The molecule has 1 rings (SSSR count). The third kappa shape index (κ3) is 4.55. The molecular weight excluding hydrogens is 264 g/mol. The summed E-state index contributed by atoms with van der Waals surface area (Å²) in [5.41, 5.74) is -0.738. The van der Waals surface area contributed by atoms with Gasteiger partial charge < -0.3 is 15.4 Å². The summed E-state index contributed by atoms with van der Waals surface area (Å²) in [7, 11) is 1.34. The minimum atomic E-state index is -0.738. The average Bonchev–Trinajstić information content (AvgIpc) is 2.89. The standard InChI is InChI=1S/C13H20N2O3S/c1-9(10-6-5-7-19-10)15-12(17)14-8-13(2,3)11(16)18-4/h5-7,9H,8H2,1-4H3,(H2,14,15,17). The summed E-state index contributed by atoms with van der Waals surface area (Å²) in [5, 5.41) is 7.47. The van der Waals surface area contributed by atoms with Gasteiger partial charge in [0.1, 0.15) is 0 Å². The van der Waals surface area contributed by atoms with Gasteiger partial charge in [0.2, 0.25) is 0 Å². The number of thiophene rings is 1. The van der Waals surface area contributed by atoms with Crippen LogP contribution in [-0.4, -0.2) is 25.7 Å². The third-order valence-corrected chi connectivity index (χ3v) is 3.80. The van der Waals surface area contributed by atoms with Gasteiger partial charge in [-0.15, -0.1) is 11.3 Å².